The number of carbonyl (C=O) groups excluding carboxylic acids is 1. The molecule has 1 aliphatic heterocycles. The molecular formula is C16H20ClFN4O. The minimum atomic E-state index is -0.306. The molecule has 1 unspecified atom stereocenters. The van der Waals surface area contributed by atoms with Crippen LogP contribution in [0, 0.1) is 11.7 Å². The Bertz CT molecular complexity index is 638. The normalized spacial score (nSPS) is 17.3. The van der Waals surface area contributed by atoms with Gasteiger partial charge in [0.25, 0.3) is 5.91 Å². The third kappa shape index (κ3) is 4.30. The lowest BCUT2D eigenvalue weighted by atomic mass is 9.99. The summed E-state index contributed by atoms with van der Waals surface area (Å²) in [6.07, 6.45) is 3.78. The van der Waals surface area contributed by atoms with Crippen molar-refractivity contribution in [1.29, 1.82) is 0 Å². The van der Waals surface area contributed by atoms with Crippen molar-refractivity contribution in [1.82, 2.24) is 20.8 Å². The van der Waals surface area contributed by atoms with Crippen molar-refractivity contribution in [3.63, 3.8) is 0 Å². The van der Waals surface area contributed by atoms with E-state index in [0.29, 0.717) is 23.7 Å². The van der Waals surface area contributed by atoms with Crippen LogP contribution in [0.3, 0.4) is 0 Å². The van der Waals surface area contributed by atoms with Crippen LogP contribution in [0.4, 0.5) is 4.39 Å². The largest absolute Gasteiger partial charge is 0.352 e. The molecule has 3 N–H and O–H groups in total. The number of piperidine rings is 1. The van der Waals surface area contributed by atoms with Crippen LogP contribution in [-0.4, -0.2) is 35.7 Å². The molecule has 5 nitrogen and oxygen atoms in total. The minimum Gasteiger partial charge on any atom is -0.352 e. The number of nitrogens with zero attached hydrogens (tertiary/aromatic N) is 1. The van der Waals surface area contributed by atoms with E-state index in [-0.39, 0.29) is 24.1 Å². The number of rotatable bonds is 4. The standard InChI is InChI=1S/C16H19FN4O.ClH/c17-13-5-3-12(4-6-13)15-14(10-20-21-15)16(22)19-9-11-2-1-7-18-8-11;/h3-6,10-11,18H,1-2,7-9H2,(H,19,22)(H,20,21);1H. The molecule has 3 rings (SSSR count). The summed E-state index contributed by atoms with van der Waals surface area (Å²) in [7, 11) is 0. The van der Waals surface area contributed by atoms with Crippen LogP contribution in [-0.2, 0) is 0 Å². The number of nitrogens with one attached hydrogen (secondary N) is 3. The van der Waals surface area contributed by atoms with Crippen LogP contribution < -0.4 is 10.6 Å². The molecule has 1 aliphatic rings. The lowest BCUT2D eigenvalue weighted by Crippen LogP contribution is -2.38. The smallest absolute Gasteiger partial charge is 0.255 e. The number of aromatic amines is 1. The van der Waals surface area contributed by atoms with Gasteiger partial charge in [-0.15, -0.1) is 12.4 Å². The molecule has 0 radical (unpaired) electrons. The second-order valence-corrected chi connectivity index (χ2v) is 5.59. The molecule has 2 aromatic rings. The van der Waals surface area contributed by atoms with Crippen molar-refractivity contribution in [3.8, 4) is 11.3 Å². The van der Waals surface area contributed by atoms with E-state index >= 15 is 0 Å². The first-order chi connectivity index (χ1) is 10.7. The van der Waals surface area contributed by atoms with E-state index in [9.17, 15) is 9.18 Å². The van der Waals surface area contributed by atoms with E-state index in [4.69, 9.17) is 0 Å². The first-order valence-electron chi connectivity index (χ1n) is 7.52. The summed E-state index contributed by atoms with van der Waals surface area (Å²) in [5.41, 5.74) is 1.83. The van der Waals surface area contributed by atoms with Gasteiger partial charge in [0.2, 0.25) is 0 Å². The highest BCUT2D eigenvalue weighted by atomic mass is 35.5. The van der Waals surface area contributed by atoms with Gasteiger partial charge < -0.3 is 10.6 Å². The van der Waals surface area contributed by atoms with Gasteiger partial charge in [-0.3, -0.25) is 9.89 Å². The summed E-state index contributed by atoms with van der Waals surface area (Å²) in [4.78, 5) is 12.3. The maximum atomic E-state index is 13.0. The summed E-state index contributed by atoms with van der Waals surface area (Å²) in [6.45, 7) is 2.65. The molecule has 1 aromatic carbocycles. The lowest BCUT2D eigenvalue weighted by Gasteiger charge is -2.22. The van der Waals surface area contributed by atoms with Crippen LogP contribution in [0.1, 0.15) is 23.2 Å². The highest BCUT2D eigenvalue weighted by molar-refractivity contribution is 5.99. The van der Waals surface area contributed by atoms with Crippen LogP contribution in [0.15, 0.2) is 30.5 Å². The quantitative estimate of drug-likeness (QED) is 0.801. The number of halogens is 2. The van der Waals surface area contributed by atoms with Crippen molar-refractivity contribution >= 4 is 18.3 Å². The fourth-order valence-corrected chi connectivity index (χ4v) is 2.73. The summed E-state index contributed by atoms with van der Waals surface area (Å²) < 4.78 is 13.0. The van der Waals surface area contributed by atoms with Crippen molar-refractivity contribution in [2.45, 2.75) is 12.8 Å². The number of benzene rings is 1. The number of aromatic nitrogens is 2. The Hall–Kier alpha value is -1.92. The summed E-state index contributed by atoms with van der Waals surface area (Å²) in [5, 5.41) is 13.1. The van der Waals surface area contributed by atoms with Gasteiger partial charge in [0.05, 0.1) is 17.5 Å². The zero-order valence-electron chi connectivity index (χ0n) is 12.6. The fourth-order valence-electron chi connectivity index (χ4n) is 2.73. The van der Waals surface area contributed by atoms with Gasteiger partial charge in [0, 0.05) is 12.1 Å². The Labute approximate surface area is 140 Å². The molecule has 0 spiro atoms. The summed E-state index contributed by atoms with van der Waals surface area (Å²) in [5.74, 6) is 0.0107. The molecule has 2 heterocycles. The van der Waals surface area contributed by atoms with E-state index in [2.05, 4.69) is 20.8 Å². The van der Waals surface area contributed by atoms with Crippen LogP contribution in [0.2, 0.25) is 0 Å². The second-order valence-electron chi connectivity index (χ2n) is 5.59. The van der Waals surface area contributed by atoms with Gasteiger partial charge in [0.1, 0.15) is 5.82 Å². The van der Waals surface area contributed by atoms with Gasteiger partial charge in [0.15, 0.2) is 0 Å². The second kappa shape index (κ2) is 8.08. The summed E-state index contributed by atoms with van der Waals surface area (Å²) in [6, 6.07) is 5.99. The predicted molar refractivity (Wildman–Crippen MR) is 89.2 cm³/mol. The Morgan fingerprint density at radius 3 is 2.83 bits per heavy atom. The Morgan fingerprint density at radius 1 is 1.35 bits per heavy atom. The van der Waals surface area contributed by atoms with E-state index in [1.54, 1.807) is 12.1 Å². The molecule has 0 saturated carbocycles. The predicted octanol–water partition coefficient (Wildman–Crippen LogP) is 2.37. The number of amides is 1. The number of hydrogen-bond acceptors (Lipinski definition) is 3. The van der Waals surface area contributed by atoms with E-state index in [0.717, 1.165) is 31.5 Å². The molecule has 124 valence electrons. The van der Waals surface area contributed by atoms with E-state index in [1.165, 1.54) is 18.3 Å². The molecular weight excluding hydrogens is 319 g/mol. The Kier molecular flexibility index (Phi) is 6.12. The maximum absolute atomic E-state index is 13.0. The zero-order valence-corrected chi connectivity index (χ0v) is 13.5. The Morgan fingerprint density at radius 2 is 2.13 bits per heavy atom. The fraction of sp³-hybridized carbons (Fsp3) is 0.375. The molecule has 1 saturated heterocycles. The van der Waals surface area contributed by atoms with Crippen LogP contribution in [0.5, 0.6) is 0 Å². The molecule has 0 bridgehead atoms. The first-order valence-corrected chi connectivity index (χ1v) is 7.52. The van der Waals surface area contributed by atoms with Crippen LogP contribution >= 0.6 is 12.4 Å². The van der Waals surface area contributed by atoms with Crippen molar-refractivity contribution in [2.75, 3.05) is 19.6 Å². The highest BCUT2D eigenvalue weighted by Gasteiger charge is 2.18. The number of H-pyrrole nitrogens is 1. The van der Waals surface area contributed by atoms with Gasteiger partial charge in [-0.1, -0.05) is 0 Å². The van der Waals surface area contributed by atoms with Crippen molar-refractivity contribution in [2.24, 2.45) is 5.92 Å². The SMILES string of the molecule is Cl.O=C(NCC1CCCNC1)c1cn[nH]c1-c1ccc(F)cc1. The van der Waals surface area contributed by atoms with E-state index in [1.807, 2.05) is 0 Å². The molecule has 1 aromatic heterocycles. The number of hydrogen-bond donors (Lipinski definition) is 3. The number of carbonyl (C=O) groups is 1. The zero-order chi connectivity index (χ0) is 15.4. The average molecular weight is 339 g/mol. The van der Waals surface area contributed by atoms with Gasteiger partial charge in [-0.2, -0.15) is 5.10 Å². The third-order valence-electron chi connectivity index (χ3n) is 3.97. The van der Waals surface area contributed by atoms with Crippen LogP contribution in [0.25, 0.3) is 11.3 Å². The van der Waals surface area contributed by atoms with Gasteiger partial charge in [-0.05, 0) is 56.1 Å². The minimum absolute atomic E-state index is 0. The first kappa shape index (κ1) is 17.4. The Balaban J connectivity index is 0.00000192. The molecule has 1 amide bonds. The molecule has 7 heteroatoms. The monoisotopic (exact) mass is 338 g/mol. The lowest BCUT2D eigenvalue weighted by molar-refractivity contribution is 0.0945. The van der Waals surface area contributed by atoms with Crippen molar-refractivity contribution in [3.05, 3.63) is 41.8 Å². The summed E-state index contributed by atoms with van der Waals surface area (Å²) >= 11 is 0. The van der Waals surface area contributed by atoms with Gasteiger partial charge >= 0.3 is 0 Å². The maximum Gasteiger partial charge on any atom is 0.255 e. The van der Waals surface area contributed by atoms with Crippen molar-refractivity contribution < 1.29 is 9.18 Å². The topological polar surface area (TPSA) is 69.8 Å². The molecule has 1 fully saturated rings. The average Bonchev–Trinajstić information content (AvgIpc) is 3.04. The molecule has 23 heavy (non-hydrogen) atoms. The highest BCUT2D eigenvalue weighted by Crippen LogP contribution is 2.21. The third-order valence-corrected chi connectivity index (χ3v) is 3.97. The van der Waals surface area contributed by atoms with Gasteiger partial charge in [-0.25, -0.2) is 4.39 Å². The van der Waals surface area contributed by atoms with E-state index < -0.39 is 0 Å². The molecule has 1 atom stereocenters. The molecule has 0 aliphatic carbocycles.